The van der Waals surface area contributed by atoms with Gasteiger partial charge in [0, 0.05) is 25.2 Å². The lowest BCUT2D eigenvalue weighted by molar-refractivity contribution is -0.135. The number of carbonyl (C=O) groups excluding carboxylic acids is 1. The fourth-order valence-corrected chi connectivity index (χ4v) is 2.24. The topological polar surface area (TPSA) is 53.3 Å². The van der Waals surface area contributed by atoms with Gasteiger partial charge in [0.05, 0.1) is 7.11 Å². The van der Waals surface area contributed by atoms with Crippen LogP contribution in [-0.4, -0.2) is 27.2 Å². The van der Waals surface area contributed by atoms with E-state index in [0.29, 0.717) is 0 Å². The summed E-state index contributed by atoms with van der Waals surface area (Å²) in [6.07, 6.45) is 1.57. The molecule has 2 aromatic rings. The maximum atomic E-state index is 11.6. The zero-order valence-corrected chi connectivity index (χ0v) is 12.3. The van der Waals surface area contributed by atoms with E-state index < -0.39 is 5.97 Å². The van der Waals surface area contributed by atoms with Crippen LogP contribution in [0.4, 0.5) is 5.69 Å². The summed E-state index contributed by atoms with van der Waals surface area (Å²) in [5, 5.41) is 11.2. The third-order valence-corrected chi connectivity index (χ3v) is 3.22. The zero-order chi connectivity index (χ0) is 15.4. The van der Waals surface area contributed by atoms with Gasteiger partial charge in [0.2, 0.25) is 0 Å². The fourth-order valence-electron chi connectivity index (χ4n) is 2.24. The van der Waals surface area contributed by atoms with E-state index in [-0.39, 0.29) is 5.57 Å². The van der Waals surface area contributed by atoms with Gasteiger partial charge in [0.1, 0.15) is 11.6 Å². The molecule has 0 N–H and O–H groups in total. The predicted octanol–water partition coefficient (Wildman–Crippen LogP) is 2.99. The molecule has 0 saturated heterocycles. The van der Waals surface area contributed by atoms with E-state index in [1.54, 1.807) is 6.08 Å². The van der Waals surface area contributed by atoms with Crippen molar-refractivity contribution in [1.29, 1.82) is 5.26 Å². The first-order valence-electron chi connectivity index (χ1n) is 6.47. The fraction of sp³-hybridized carbons (Fsp3) is 0.176. The van der Waals surface area contributed by atoms with Crippen LogP contribution >= 0.6 is 0 Å². The maximum Gasteiger partial charge on any atom is 0.348 e. The maximum absolute atomic E-state index is 11.6. The second kappa shape index (κ2) is 6.10. The average Bonchev–Trinajstić information content (AvgIpc) is 2.51. The minimum absolute atomic E-state index is 0.0152. The lowest BCUT2D eigenvalue weighted by atomic mass is 10.0. The molecule has 0 unspecified atom stereocenters. The van der Waals surface area contributed by atoms with Crippen molar-refractivity contribution in [3.63, 3.8) is 0 Å². The molecule has 21 heavy (non-hydrogen) atoms. The van der Waals surface area contributed by atoms with Gasteiger partial charge in [-0.3, -0.25) is 0 Å². The summed E-state index contributed by atoms with van der Waals surface area (Å²) in [7, 11) is 5.18. The van der Waals surface area contributed by atoms with Gasteiger partial charge >= 0.3 is 5.97 Å². The predicted molar refractivity (Wildman–Crippen MR) is 83.9 cm³/mol. The zero-order valence-electron chi connectivity index (χ0n) is 12.3. The number of nitrogens with zero attached hydrogens (tertiary/aromatic N) is 2. The Labute approximate surface area is 123 Å². The summed E-state index contributed by atoms with van der Waals surface area (Å²) in [6, 6.07) is 13.7. The number of esters is 1. The number of anilines is 1. The summed E-state index contributed by atoms with van der Waals surface area (Å²) in [6.45, 7) is 0. The van der Waals surface area contributed by atoms with Crippen LogP contribution in [0.1, 0.15) is 5.56 Å². The third kappa shape index (κ3) is 2.87. The van der Waals surface area contributed by atoms with Crippen molar-refractivity contribution < 1.29 is 9.53 Å². The summed E-state index contributed by atoms with van der Waals surface area (Å²) >= 11 is 0. The Morgan fingerprint density at radius 3 is 2.48 bits per heavy atom. The van der Waals surface area contributed by atoms with E-state index in [2.05, 4.69) is 4.74 Å². The first-order valence-corrected chi connectivity index (χ1v) is 6.47. The number of methoxy groups -OCH3 is 1. The summed E-state index contributed by atoms with van der Waals surface area (Å²) in [5.41, 5.74) is 1.83. The summed E-state index contributed by atoms with van der Waals surface area (Å²) in [4.78, 5) is 13.6. The van der Waals surface area contributed by atoms with Crippen molar-refractivity contribution in [2.24, 2.45) is 0 Å². The van der Waals surface area contributed by atoms with Gasteiger partial charge in [0.15, 0.2) is 0 Å². The molecule has 4 nitrogen and oxygen atoms in total. The Balaban J connectivity index is 2.73. The van der Waals surface area contributed by atoms with Crippen LogP contribution in [0, 0.1) is 11.3 Å². The lowest BCUT2D eigenvalue weighted by Crippen LogP contribution is -2.09. The van der Waals surface area contributed by atoms with E-state index in [1.807, 2.05) is 61.5 Å². The monoisotopic (exact) mass is 280 g/mol. The van der Waals surface area contributed by atoms with Crippen molar-refractivity contribution in [3.8, 4) is 6.07 Å². The summed E-state index contributed by atoms with van der Waals surface area (Å²) in [5.74, 6) is -0.628. The Hall–Kier alpha value is -2.80. The van der Waals surface area contributed by atoms with Gasteiger partial charge in [-0.25, -0.2) is 4.79 Å². The van der Waals surface area contributed by atoms with Gasteiger partial charge in [-0.05, 0) is 23.1 Å². The molecule has 0 atom stereocenters. The molecule has 2 aromatic carbocycles. The van der Waals surface area contributed by atoms with Crippen LogP contribution in [0.25, 0.3) is 16.8 Å². The van der Waals surface area contributed by atoms with Crippen molar-refractivity contribution in [2.45, 2.75) is 0 Å². The highest BCUT2D eigenvalue weighted by Gasteiger charge is 2.11. The van der Waals surface area contributed by atoms with Crippen molar-refractivity contribution in [2.75, 3.05) is 26.1 Å². The van der Waals surface area contributed by atoms with Crippen molar-refractivity contribution >= 4 is 28.5 Å². The molecule has 106 valence electrons. The quantitative estimate of drug-likeness (QED) is 0.493. The van der Waals surface area contributed by atoms with Crippen LogP contribution in [0.2, 0.25) is 0 Å². The molecule has 0 spiro atoms. The molecule has 0 radical (unpaired) electrons. The number of benzene rings is 2. The molecular formula is C17H16N2O2. The Morgan fingerprint density at radius 1 is 1.24 bits per heavy atom. The average molecular weight is 280 g/mol. The molecule has 0 heterocycles. The Morgan fingerprint density at radius 2 is 1.90 bits per heavy atom. The van der Waals surface area contributed by atoms with Crippen LogP contribution in [0.5, 0.6) is 0 Å². The molecule has 2 rings (SSSR count). The summed E-state index contributed by atoms with van der Waals surface area (Å²) < 4.78 is 4.63. The first-order chi connectivity index (χ1) is 10.1. The van der Waals surface area contributed by atoms with E-state index in [9.17, 15) is 4.79 Å². The van der Waals surface area contributed by atoms with Gasteiger partial charge < -0.3 is 9.64 Å². The first kappa shape index (κ1) is 14.6. The normalized spacial score (nSPS) is 11.0. The Bertz CT molecular complexity index is 750. The lowest BCUT2D eigenvalue weighted by Gasteiger charge is -2.17. The second-order valence-electron chi connectivity index (χ2n) is 4.78. The van der Waals surface area contributed by atoms with Crippen LogP contribution in [0.3, 0.4) is 0 Å². The highest BCUT2D eigenvalue weighted by molar-refractivity contribution is 6.05. The highest BCUT2D eigenvalue weighted by atomic mass is 16.5. The Kier molecular flexibility index (Phi) is 4.24. The molecule has 0 saturated carbocycles. The smallest absolute Gasteiger partial charge is 0.348 e. The SMILES string of the molecule is COC(=O)/C(C#N)=C/c1cccc2cccc(N(C)C)c12. The van der Waals surface area contributed by atoms with Crippen molar-refractivity contribution in [3.05, 3.63) is 47.5 Å². The van der Waals surface area contributed by atoms with Crippen LogP contribution in [0.15, 0.2) is 42.0 Å². The van der Waals surface area contributed by atoms with E-state index in [0.717, 1.165) is 22.0 Å². The molecule has 0 bridgehead atoms. The van der Waals surface area contributed by atoms with Crippen LogP contribution in [-0.2, 0) is 9.53 Å². The van der Waals surface area contributed by atoms with Crippen LogP contribution < -0.4 is 4.90 Å². The van der Waals surface area contributed by atoms with Gasteiger partial charge in [-0.1, -0.05) is 30.3 Å². The van der Waals surface area contributed by atoms with E-state index in [4.69, 9.17) is 5.26 Å². The third-order valence-electron chi connectivity index (χ3n) is 3.22. The second-order valence-corrected chi connectivity index (χ2v) is 4.78. The van der Waals surface area contributed by atoms with Crippen molar-refractivity contribution in [1.82, 2.24) is 0 Å². The van der Waals surface area contributed by atoms with E-state index in [1.165, 1.54) is 7.11 Å². The number of hydrogen-bond acceptors (Lipinski definition) is 4. The number of nitriles is 1. The van der Waals surface area contributed by atoms with E-state index >= 15 is 0 Å². The molecule has 0 aliphatic heterocycles. The molecule has 0 aliphatic rings. The van der Waals surface area contributed by atoms with Gasteiger partial charge in [-0.2, -0.15) is 5.26 Å². The molecule has 0 fully saturated rings. The number of carbonyl (C=O) groups is 1. The number of fused-ring (bicyclic) bond motifs is 1. The molecular weight excluding hydrogens is 264 g/mol. The molecule has 4 heteroatoms. The molecule has 0 amide bonds. The number of hydrogen-bond donors (Lipinski definition) is 0. The highest BCUT2D eigenvalue weighted by Crippen LogP contribution is 2.30. The molecule has 0 aromatic heterocycles. The van der Waals surface area contributed by atoms with Gasteiger partial charge in [0.25, 0.3) is 0 Å². The van der Waals surface area contributed by atoms with Gasteiger partial charge in [-0.15, -0.1) is 0 Å². The minimum atomic E-state index is -0.628. The number of ether oxygens (including phenoxy) is 1. The standard InChI is InChI=1S/C17H16N2O2/c1-19(2)15-9-5-7-12-6-4-8-13(16(12)15)10-14(11-18)17(20)21-3/h4-10H,1-3H3/b14-10+. The molecule has 0 aliphatic carbocycles. The largest absolute Gasteiger partial charge is 0.465 e. The minimum Gasteiger partial charge on any atom is -0.465 e. The number of rotatable bonds is 3.